The molecule has 3 fully saturated rings. The minimum atomic E-state index is -0.0945. The van der Waals surface area contributed by atoms with Crippen LogP contribution in [0.1, 0.15) is 144 Å². The second-order valence-electron chi connectivity index (χ2n) is 14.6. The third-order valence-electron chi connectivity index (χ3n) is 12.3. The summed E-state index contributed by atoms with van der Waals surface area (Å²) in [6.07, 6.45) is 24.3. The zero-order valence-electron chi connectivity index (χ0n) is 24.5. The molecule has 0 aromatic heterocycles. The molecule has 4 aliphatic carbocycles. The van der Waals surface area contributed by atoms with Gasteiger partial charge in [-0.3, -0.25) is 0 Å². The summed E-state index contributed by atoms with van der Waals surface area (Å²) in [5.74, 6) is 6.08. The van der Waals surface area contributed by atoms with E-state index in [1.54, 1.807) is 5.57 Å². The molecule has 9 atom stereocenters. The van der Waals surface area contributed by atoms with Gasteiger partial charge in [0.25, 0.3) is 0 Å². The predicted octanol–water partition coefficient (Wildman–Crippen LogP) is 9.98. The van der Waals surface area contributed by atoms with Crippen LogP contribution in [0.15, 0.2) is 11.6 Å². The summed E-state index contributed by atoms with van der Waals surface area (Å²) in [6.45, 7) is 15.1. The van der Waals surface area contributed by atoms with E-state index in [4.69, 9.17) is 0 Å². The lowest BCUT2D eigenvalue weighted by molar-refractivity contribution is -0.0810. The summed E-state index contributed by atoms with van der Waals surface area (Å²) < 4.78 is 0. The summed E-state index contributed by atoms with van der Waals surface area (Å²) in [5, 5.41) is 10.8. The van der Waals surface area contributed by atoms with Crippen LogP contribution in [0.5, 0.6) is 0 Å². The van der Waals surface area contributed by atoms with Gasteiger partial charge in [-0.15, -0.1) is 0 Å². The van der Waals surface area contributed by atoms with Crippen molar-refractivity contribution >= 4 is 0 Å². The first-order valence-electron chi connectivity index (χ1n) is 16.1. The van der Waals surface area contributed by atoms with Gasteiger partial charge in [0.1, 0.15) is 0 Å². The number of rotatable bonds is 11. The lowest BCUT2D eigenvalue weighted by Gasteiger charge is -2.61. The maximum atomic E-state index is 10.8. The van der Waals surface area contributed by atoms with Crippen molar-refractivity contribution in [1.82, 2.24) is 0 Å². The Bertz CT molecular complexity index is 707. The molecule has 202 valence electrons. The van der Waals surface area contributed by atoms with Gasteiger partial charge in [-0.1, -0.05) is 105 Å². The van der Waals surface area contributed by atoms with Crippen LogP contribution in [0, 0.1) is 52.3 Å². The van der Waals surface area contributed by atoms with Gasteiger partial charge in [0.05, 0.1) is 6.10 Å². The molecule has 0 bridgehead atoms. The molecule has 0 aliphatic heterocycles. The molecule has 0 radical (unpaired) electrons. The lowest BCUT2D eigenvalue weighted by Crippen LogP contribution is -2.53. The Morgan fingerprint density at radius 2 is 1.71 bits per heavy atom. The molecule has 35 heavy (non-hydrogen) atoms. The molecule has 4 aliphatic rings. The van der Waals surface area contributed by atoms with Gasteiger partial charge in [0.15, 0.2) is 0 Å². The fourth-order valence-electron chi connectivity index (χ4n) is 10.3. The fraction of sp³-hybridized carbons (Fsp3) is 0.941. The van der Waals surface area contributed by atoms with Crippen LogP contribution >= 0.6 is 0 Å². The third kappa shape index (κ3) is 5.47. The van der Waals surface area contributed by atoms with Gasteiger partial charge in [-0.25, -0.2) is 0 Å². The van der Waals surface area contributed by atoms with Gasteiger partial charge in [-0.2, -0.15) is 0 Å². The molecular formula is C34H60O. The SMILES string of the molecule is CCCCCCCC1C[C@H](O)CC2=CC[C@H]3[C@@H]4CC[C@H]([C@H](C)CCCC(C)C)[C@@]4(C)CC[C@@H]3[C@]21C. The molecule has 0 amide bonds. The Morgan fingerprint density at radius 1 is 0.943 bits per heavy atom. The summed E-state index contributed by atoms with van der Waals surface area (Å²) in [6, 6.07) is 0. The topological polar surface area (TPSA) is 20.2 Å². The van der Waals surface area contributed by atoms with E-state index in [9.17, 15) is 5.11 Å². The van der Waals surface area contributed by atoms with Crippen molar-refractivity contribution < 1.29 is 5.11 Å². The fourth-order valence-corrected chi connectivity index (χ4v) is 10.3. The van der Waals surface area contributed by atoms with Gasteiger partial charge in [-0.05, 0) is 104 Å². The highest BCUT2D eigenvalue weighted by Gasteiger charge is 2.60. The van der Waals surface area contributed by atoms with Crippen molar-refractivity contribution in [3.05, 3.63) is 11.6 Å². The second-order valence-corrected chi connectivity index (χ2v) is 14.6. The molecule has 0 saturated heterocycles. The number of allylic oxidation sites excluding steroid dienone is 1. The maximum Gasteiger partial charge on any atom is 0.0580 e. The maximum absolute atomic E-state index is 10.8. The van der Waals surface area contributed by atoms with E-state index < -0.39 is 0 Å². The van der Waals surface area contributed by atoms with Crippen molar-refractivity contribution in [2.45, 2.75) is 150 Å². The Balaban J connectivity index is 1.48. The number of hydrogen-bond acceptors (Lipinski definition) is 1. The van der Waals surface area contributed by atoms with E-state index in [0.717, 1.165) is 48.3 Å². The first-order valence-corrected chi connectivity index (χ1v) is 16.1. The van der Waals surface area contributed by atoms with Gasteiger partial charge in [0.2, 0.25) is 0 Å². The van der Waals surface area contributed by atoms with Crippen LogP contribution < -0.4 is 0 Å². The molecule has 4 rings (SSSR count). The van der Waals surface area contributed by atoms with Crippen molar-refractivity contribution in [2.75, 3.05) is 0 Å². The monoisotopic (exact) mass is 484 g/mol. The molecule has 3 saturated carbocycles. The van der Waals surface area contributed by atoms with Gasteiger partial charge < -0.3 is 5.11 Å². The highest BCUT2D eigenvalue weighted by Crippen LogP contribution is 2.68. The largest absolute Gasteiger partial charge is 0.393 e. The van der Waals surface area contributed by atoms with E-state index in [1.165, 1.54) is 89.9 Å². The lowest BCUT2D eigenvalue weighted by atomic mass is 9.44. The van der Waals surface area contributed by atoms with E-state index >= 15 is 0 Å². The minimum absolute atomic E-state index is 0.0945. The molecule has 0 spiro atoms. The van der Waals surface area contributed by atoms with Crippen molar-refractivity contribution in [3.63, 3.8) is 0 Å². The molecule has 0 heterocycles. The summed E-state index contributed by atoms with van der Waals surface area (Å²) in [5.41, 5.74) is 2.59. The van der Waals surface area contributed by atoms with Gasteiger partial charge in [0, 0.05) is 0 Å². The number of aliphatic hydroxyl groups excluding tert-OH is 1. The Hall–Kier alpha value is -0.300. The van der Waals surface area contributed by atoms with Crippen LogP contribution in [0.4, 0.5) is 0 Å². The summed E-state index contributed by atoms with van der Waals surface area (Å²) in [4.78, 5) is 0. The van der Waals surface area contributed by atoms with Crippen LogP contribution in [0.3, 0.4) is 0 Å². The number of unbranched alkanes of at least 4 members (excludes halogenated alkanes) is 4. The van der Waals surface area contributed by atoms with E-state index in [2.05, 4.69) is 47.6 Å². The first kappa shape index (κ1) is 27.7. The average molecular weight is 485 g/mol. The Labute approximate surface area is 219 Å². The third-order valence-corrected chi connectivity index (χ3v) is 12.3. The standard InChI is InChI=1S/C34H60O/c1-7-8-9-10-11-15-26-22-28(35)23-27-16-17-29-31-19-18-30(25(4)14-12-13-24(2)3)33(31,5)21-20-32(29)34(26,27)6/h16,24-26,28-32,35H,7-15,17-23H2,1-6H3/t25-,26?,28+,29+,30-,31+,32+,33-,34+/m1/s1. The average Bonchev–Trinajstić information content (AvgIpc) is 3.16. The normalized spacial score (nSPS) is 41.8. The number of hydrogen-bond donors (Lipinski definition) is 1. The quantitative estimate of drug-likeness (QED) is 0.228. The van der Waals surface area contributed by atoms with E-state index in [-0.39, 0.29) is 6.10 Å². The summed E-state index contributed by atoms with van der Waals surface area (Å²) in [7, 11) is 0. The van der Waals surface area contributed by atoms with Gasteiger partial charge >= 0.3 is 0 Å². The predicted molar refractivity (Wildman–Crippen MR) is 151 cm³/mol. The molecule has 1 nitrogen and oxygen atoms in total. The molecule has 0 aromatic carbocycles. The minimum Gasteiger partial charge on any atom is -0.393 e. The highest BCUT2D eigenvalue weighted by molar-refractivity contribution is 5.27. The van der Waals surface area contributed by atoms with Crippen molar-refractivity contribution in [2.24, 2.45) is 52.3 Å². The van der Waals surface area contributed by atoms with E-state index in [0.29, 0.717) is 16.7 Å². The number of aliphatic hydroxyl groups is 1. The van der Waals surface area contributed by atoms with Crippen LogP contribution in [0.2, 0.25) is 0 Å². The summed E-state index contributed by atoms with van der Waals surface area (Å²) >= 11 is 0. The Kier molecular flexibility index (Phi) is 9.20. The van der Waals surface area contributed by atoms with Crippen LogP contribution in [-0.4, -0.2) is 11.2 Å². The van der Waals surface area contributed by atoms with E-state index in [1.807, 2.05) is 0 Å². The van der Waals surface area contributed by atoms with Crippen LogP contribution in [-0.2, 0) is 0 Å². The Morgan fingerprint density at radius 3 is 2.46 bits per heavy atom. The molecule has 1 heteroatoms. The molecule has 0 aromatic rings. The first-order chi connectivity index (χ1) is 16.7. The van der Waals surface area contributed by atoms with Crippen LogP contribution in [0.25, 0.3) is 0 Å². The zero-order valence-corrected chi connectivity index (χ0v) is 24.5. The highest BCUT2D eigenvalue weighted by atomic mass is 16.3. The number of fused-ring (bicyclic) bond motifs is 5. The molecule has 1 unspecified atom stereocenters. The smallest absolute Gasteiger partial charge is 0.0580 e. The second kappa shape index (κ2) is 11.6. The van der Waals surface area contributed by atoms with Crippen molar-refractivity contribution in [3.8, 4) is 0 Å². The zero-order chi connectivity index (χ0) is 25.2. The molecule has 1 N–H and O–H groups in total. The molecular weight excluding hydrogens is 424 g/mol. The van der Waals surface area contributed by atoms with Crippen molar-refractivity contribution in [1.29, 1.82) is 0 Å².